The molecular weight excluding hydrogens is 266 g/mol. The highest BCUT2D eigenvalue weighted by atomic mass is 15.1. The largest absolute Gasteiger partial charge is 0.351 e. The molecule has 1 heteroatoms. The standard InChI is InChI=1S/C21H25N/c1-16(2)9-8-10-18-13-14-21(22(5)15-17(3)4)20-12-7-6-11-19(18)20/h6-15H,1-5H3. The molecule has 0 fully saturated rings. The maximum Gasteiger partial charge on any atom is 0.0483 e. The first-order valence-electron chi connectivity index (χ1n) is 7.70. The first-order chi connectivity index (χ1) is 10.5. The number of hydrogen-bond donors (Lipinski definition) is 0. The van der Waals surface area contributed by atoms with E-state index in [2.05, 4.69) is 100 Å². The zero-order valence-corrected chi connectivity index (χ0v) is 14.2. The summed E-state index contributed by atoms with van der Waals surface area (Å²) in [5, 5.41) is 2.56. The van der Waals surface area contributed by atoms with E-state index in [0.717, 1.165) is 0 Å². The summed E-state index contributed by atoms with van der Waals surface area (Å²) in [6.07, 6.45) is 8.61. The van der Waals surface area contributed by atoms with Gasteiger partial charge in [0.15, 0.2) is 0 Å². The Kier molecular flexibility index (Phi) is 5.21. The molecule has 0 aliphatic heterocycles. The highest BCUT2D eigenvalue weighted by Crippen LogP contribution is 2.30. The number of anilines is 1. The first kappa shape index (κ1) is 16.1. The van der Waals surface area contributed by atoms with Gasteiger partial charge in [0.1, 0.15) is 0 Å². The number of benzene rings is 2. The van der Waals surface area contributed by atoms with Crippen molar-refractivity contribution in [1.29, 1.82) is 0 Å². The van der Waals surface area contributed by atoms with E-state index in [4.69, 9.17) is 0 Å². The Bertz CT molecular complexity index is 740. The Labute approximate surface area is 134 Å². The van der Waals surface area contributed by atoms with Crippen molar-refractivity contribution in [2.75, 3.05) is 11.9 Å². The lowest BCUT2D eigenvalue weighted by Gasteiger charge is -2.18. The van der Waals surface area contributed by atoms with Crippen molar-refractivity contribution < 1.29 is 0 Å². The summed E-state index contributed by atoms with van der Waals surface area (Å²) in [6, 6.07) is 13.0. The molecule has 0 radical (unpaired) electrons. The van der Waals surface area contributed by atoms with Crippen LogP contribution >= 0.6 is 0 Å². The van der Waals surface area contributed by atoms with E-state index < -0.39 is 0 Å². The zero-order chi connectivity index (χ0) is 16.1. The van der Waals surface area contributed by atoms with Gasteiger partial charge in [-0.3, -0.25) is 0 Å². The average Bonchev–Trinajstić information content (AvgIpc) is 2.46. The van der Waals surface area contributed by atoms with Crippen molar-refractivity contribution in [2.45, 2.75) is 27.7 Å². The summed E-state index contributed by atoms with van der Waals surface area (Å²) in [5.74, 6) is 0. The van der Waals surface area contributed by atoms with Gasteiger partial charge in [-0.1, -0.05) is 59.7 Å². The van der Waals surface area contributed by atoms with Crippen molar-refractivity contribution >= 4 is 22.5 Å². The Morgan fingerprint density at radius 3 is 2.18 bits per heavy atom. The molecule has 2 rings (SSSR count). The average molecular weight is 291 g/mol. The third-order valence-electron chi connectivity index (χ3n) is 3.47. The molecule has 0 spiro atoms. The van der Waals surface area contributed by atoms with Crippen LogP contribution in [-0.4, -0.2) is 7.05 Å². The van der Waals surface area contributed by atoms with Crippen molar-refractivity contribution in [2.24, 2.45) is 0 Å². The molecule has 0 aromatic heterocycles. The third-order valence-corrected chi connectivity index (χ3v) is 3.47. The number of rotatable bonds is 4. The normalized spacial score (nSPS) is 10.8. The fourth-order valence-electron chi connectivity index (χ4n) is 2.56. The van der Waals surface area contributed by atoms with E-state index in [9.17, 15) is 0 Å². The Balaban J connectivity index is 2.54. The van der Waals surface area contributed by atoms with Crippen molar-refractivity contribution in [1.82, 2.24) is 0 Å². The fourth-order valence-corrected chi connectivity index (χ4v) is 2.56. The summed E-state index contributed by atoms with van der Waals surface area (Å²) in [6.45, 7) is 8.46. The molecule has 22 heavy (non-hydrogen) atoms. The van der Waals surface area contributed by atoms with Gasteiger partial charge in [-0.25, -0.2) is 0 Å². The van der Waals surface area contributed by atoms with Crippen LogP contribution < -0.4 is 4.90 Å². The van der Waals surface area contributed by atoms with Crippen LogP contribution in [0.25, 0.3) is 16.8 Å². The topological polar surface area (TPSA) is 3.24 Å². The van der Waals surface area contributed by atoms with Crippen LogP contribution in [0.4, 0.5) is 5.69 Å². The molecule has 0 unspecified atom stereocenters. The minimum Gasteiger partial charge on any atom is -0.351 e. The van der Waals surface area contributed by atoms with Crippen LogP contribution in [0.2, 0.25) is 0 Å². The monoisotopic (exact) mass is 291 g/mol. The molecular formula is C21H25N. The molecule has 2 aromatic carbocycles. The lowest BCUT2D eigenvalue weighted by Crippen LogP contribution is -2.09. The van der Waals surface area contributed by atoms with Crippen LogP contribution in [-0.2, 0) is 0 Å². The molecule has 1 nitrogen and oxygen atoms in total. The second-order valence-electron chi connectivity index (χ2n) is 6.14. The van der Waals surface area contributed by atoms with Crippen LogP contribution in [0, 0.1) is 0 Å². The van der Waals surface area contributed by atoms with Gasteiger partial charge >= 0.3 is 0 Å². The van der Waals surface area contributed by atoms with Gasteiger partial charge in [0.2, 0.25) is 0 Å². The third kappa shape index (κ3) is 3.88. The lowest BCUT2D eigenvalue weighted by molar-refractivity contribution is 1.17. The van der Waals surface area contributed by atoms with Gasteiger partial charge in [-0.2, -0.15) is 0 Å². The molecule has 0 N–H and O–H groups in total. The number of nitrogens with zero attached hydrogens (tertiary/aromatic N) is 1. The predicted octanol–water partition coefficient (Wildman–Crippen LogP) is 6.18. The molecule has 114 valence electrons. The number of hydrogen-bond acceptors (Lipinski definition) is 1. The minimum atomic E-state index is 1.23. The molecule has 0 aliphatic carbocycles. The van der Waals surface area contributed by atoms with Crippen molar-refractivity contribution in [3.63, 3.8) is 0 Å². The first-order valence-corrected chi connectivity index (χ1v) is 7.70. The summed E-state index contributed by atoms with van der Waals surface area (Å²) in [7, 11) is 2.10. The van der Waals surface area contributed by atoms with E-state index in [1.165, 1.54) is 33.2 Å². The SMILES string of the molecule is CC(C)=CC=Cc1ccc(N(C)C=C(C)C)c2ccccc12. The highest BCUT2D eigenvalue weighted by Gasteiger charge is 2.06. The Morgan fingerprint density at radius 2 is 1.55 bits per heavy atom. The quantitative estimate of drug-likeness (QED) is 0.608. The van der Waals surface area contributed by atoms with Gasteiger partial charge in [0.25, 0.3) is 0 Å². The number of allylic oxidation sites excluding steroid dienone is 4. The van der Waals surface area contributed by atoms with Crippen molar-refractivity contribution in [3.8, 4) is 0 Å². The van der Waals surface area contributed by atoms with Gasteiger partial charge < -0.3 is 4.90 Å². The molecule has 0 aliphatic rings. The van der Waals surface area contributed by atoms with Gasteiger partial charge in [-0.05, 0) is 44.7 Å². The molecule has 0 amide bonds. The Morgan fingerprint density at radius 1 is 0.864 bits per heavy atom. The maximum atomic E-state index is 2.20. The van der Waals surface area contributed by atoms with Gasteiger partial charge in [0, 0.05) is 24.3 Å². The molecule has 0 heterocycles. The molecule has 0 saturated carbocycles. The summed E-state index contributed by atoms with van der Waals surface area (Å²) in [5.41, 5.74) is 5.08. The predicted molar refractivity (Wildman–Crippen MR) is 100 cm³/mol. The van der Waals surface area contributed by atoms with Crippen LogP contribution in [0.3, 0.4) is 0 Å². The summed E-state index contributed by atoms with van der Waals surface area (Å²) < 4.78 is 0. The highest BCUT2D eigenvalue weighted by molar-refractivity contribution is 5.99. The minimum absolute atomic E-state index is 1.23. The number of fused-ring (bicyclic) bond motifs is 1. The zero-order valence-electron chi connectivity index (χ0n) is 14.2. The summed E-state index contributed by atoms with van der Waals surface area (Å²) in [4.78, 5) is 2.20. The van der Waals surface area contributed by atoms with E-state index in [0.29, 0.717) is 0 Å². The maximum absolute atomic E-state index is 2.20. The molecule has 2 aromatic rings. The Hall–Kier alpha value is -2.28. The molecule has 0 saturated heterocycles. The van der Waals surface area contributed by atoms with Crippen LogP contribution in [0.5, 0.6) is 0 Å². The molecule has 0 bridgehead atoms. The lowest BCUT2D eigenvalue weighted by atomic mass is 10.0. The van der Waals surface area contributed by atoms with Gasteiger partial charge in [-0.15, -0.1) is 0 Å². The van der Waals surface area contributed by atoms with Gasteiger partial charge in [0.05, 0.1) is 0 Å². The van der Waals surface area contributed by atoms with Crippen LogP contribution in [0.15, 0.2) is 65.9 Å². The van der Waals surface area contributed by atoms with E-state index >= 15 is 0 Å². The van der Waals surface area contributed by atoms with Crippen LogP contribution in [0.1, 0.15) is 33.3 Å². The van der Waals surface area contributed by atoms with Crippen molar-refractivity contribution in [3.05, 3.63) is 71.5 Å². The van der Waals surface area contributed by atoms with E-state index in [-0.39, 0.29) is 0 Å². The second kappa shape index (κ2) is 7.13. The second-order valence-corrected chi connectivity index (χ2v) is 6.14. The molecule has 0 atom stereocenters. The van der Waals surface area contributed by atoms with E-state index in [1.807, 2.05) is 0 Å². The smallest absolute Gasteiger partial charge is 0.0483 e. The summed E-state index contributed by atoms with van der Waals surface area (Å²) >= 11 is 0. The fraction of sp³-hybridized carbons (Fsp3) is 0.238. The van der Waals surface area contributed by atoms with E-state index in [1.54, 1.807) is 0 Å².